The van der Waals surface area contributed by atoms with Crippen LogP contribution in [0, 0.1) is 0 Å². The van der Waals surface area contributed by atoms with Gasteiger partial charge in [0, 0.05) is 12.4 Å². The number of hydrogen-bond acceptors (Lipinski definition) is 3. The molecule has 0 radical (unpaired) electrons. The largest absolute Gasteiger partial charge is 0.449 e. The van der Waals surface area contributed by atoms with Crippen LogP contribution >= 0.6 is 0 Å². The number of H-pyrrole nitrogens is 1. The van der Waals surface area contributed by atoms with Gasteiger partial charge in [-0.05, 0) is 6.42 Å². The van der Waals surface area contributed by atoms with Crippen molar-refractivity contribution in [2.45, 2.75) is 13.3 Å². The zero-order valence-electron chi connectivity index (χ0n) is 6.74. The average molecular weight is 170 g/mol. The second kappa shape index (κ2) is 3.75. The molecular weight excluding hydrogens is 160 g/mol. The predicted molar refractivity (Wildman–Crippen MR) is 42.1 cm³/mol. The lowest BCUT2D eigenvalue weighted by atomic mass is 10.5. The molecule has 0 unspecified atom stereocenters. The fraction of sp³-hybridized carbons (Fsp3) is 0.429. The van der Waals surface area contributed by atoms with E-state index in [4.69, 9.17) is 4.74 Å². The third-order valence-electron chi connectivity index (χ3n) is 1.28. The van der Waals surface area contributed by atoms with E-state index in [-0.39, 0.29) is 0 Å². The van der Waals surface area contributed by atoms with Gasteiger partial charge in [-0.15, -0.1) is 0 Å². The number of carbonyl (C=O) groups excluding carboxylic acids is 1. The number of imidazole rings is 1. The van der Waals surface area contributed by atoms with Crippen molar-refractivity contribution < 1.29 is 9.53 Å². The van der Waals surface area contributed by atoms with Crippen LogP contribution in [0.2, 0.25) is 0 Å². The van der Waals surface area contributed by atoms with Gasteiger partial charge in [0.2, 0.25) is 0 Å². The summed E-state index contributed by atoms with van der Waals surface area (Å²) in [4.78, 5) is 24.2. The first-order valence-electron chi connectivity index (χ1n) is 3.69. The molecule has 1 aromatic heterocycles. The Kier molecular flexibility index (Phi) is 2.68. The molecule has 5 heteroatoms. The first-order valence-corrected chi connectivity index (χ1v) is 3.69. The fourth-order valence-electron chi connectivity index (χ4n) is 0.723. The molecule has 0 saturated carbocycles. The molecule has 0 aromatic carbocycles. The first-order chi connectivity index (χ1) is 5.75. The maximum Gasteiger partial charge on any atom is 0.422 e. The molecule has 0 bridgehead atoms. The minimum absolute atomic E-state index is 0.330. The smallest absolute Gasteiger partial charge is 0.422 e. The molecule has 66 valence electrons. The lowest BCUT2D eigenvalue weighted by Crippen LogP contribution is -2.25. The topological polar surface area (TPSA) is 64.1 Å². The molecule has 0 atom stereocenters. The highest BCUT2D eigenvalue weighted by molar-refractivity contribution is 5.69. The summed E-state index contributed by atoms with van der Waals surface area (Å²) >= 11 is 0. The van der Waals surface area contributed by atoms with E-state index < -0.39 is 11.8 Å². The Labute approximate surface area is 69.0 Å². The minimum Gasteiger partial charge on any atom is -0.449 e. The highest BCUT2D eigenvalue weighted by Gasteiger charge is 2.06. The third kappa shape index (κ3) is 1.75. The van der Waals surface area contributed by atoms with E-state index in [2.05, 4.69) is 4.98 Å². The quantitative estimate of drug-likeness (QED) is 0.705. The Morgan fingerprint density at radius 2 is 2.50 bits per heavy atom. The molecule has 0 saturated heterocycles. The maximum absolute atomic E-state index is 11.0. The van der Waals surface area contributed by atoms with Gasteiger partial charge in [-0.3, -0.25) is 0 Å². The van der Waals surface area contributed by atoms with E-state index in [0.29, 0.717) is 6.61 Å². The molecule has 12 heavy (non-hydrogen) atoms. The molecule has 1 aromatic rings. The van der Waals surface area contributed by atoms with Gasteiger partial charge in [0.05, 0.1) is 6.61 Å². The maximum atomic E-state index is 11.0. The zero-order chi connectivity index (χ0) is 8.97. The molecule has 0 fully saturated rings. The summed E-state index contributed by atoms with van der Waals surface area (Å²) in [6, 6.07) is 0. The van der Waals surface area contributed by atoms with Crippen LogP contribution in [0.15, 0.2) is 17.2 Å². The summed E-state index contributed by atoms with van der Waals surface area (Å²) in [7, 11) is 0. The Morgan fingerprint density at radius 1 is 1.75 bits per heavy atom. The van der Waals surface area contributed by atoms with Crippen molar-refractivity contribution in [1.82, 2.24) is 9.55 Å². The lowest BCUT2D eigenvalue weighted by molar-refractivity contribution is 0.147. The molecule has 1 rings (SSSR count). The lowest BCUT2D eigenvalue weighted by Gasteiger charge is -2.00. The number of nitrogens with zero attached hydrogens (tertiary/aromatic N) is 1. The van der Waals surface area contributed by atoms with E-state index in [1.807, 2.05) is 6.92 Å². The molecule has 0 aliphatic carbocycles. The Balaban J connectivity index is 2.66. The minimum atomic E-state index is -0.636. The van der Waals surface area contributed by atoms with Crippen molar-refractivity contribution in [3.05, 3.63) is 22.9 Å². The van der Waals surface area contributed by atoms with Gasteiger partial charge in [0.15, 0.2) is 0 Å². The molecule has 0 spiro atoms. The highest BCUT2D eigenvalue weighted by atomic mass is 16.5. The second-order valence-corrected chi connectivity index (χ2v) is 2.25. The Bertz CT molecular complexity index is 312. The van der Waals surface area contributed by atoms with Crippen molar-refractivity contribution in [1.29, 1.82) is 0 Å². The van der Waals surface area contributed by atoms with Gasteiger partial charge in [-0.1, -0.05) is 6.92 Å². The van der Waals surface area contributed by atoms with E-state index in [9.17, 15) is 9.59 Å². The van der Waals surface area contributed by atoms with Gasteiger partial charge >= 0.3 is 11.8 Å². The van der Waals surface area contributed by atoms with Gasteiger partial charge < -0.3 is 9.72 Å². The summed E-state index contributed by atoms with van der Waals surface area (Å²) in [5, 5.41) is 0. The Hall–Kier alpha value is -1.52. The number of ether oxygens (including phenoxy) is 1. The van der Waals surface area contributed by atoms with Crippen molar-refractivity contribution in [3.63, 3.8) is 0 Å². The molecule has 0 aliphatic rings. The summed E-state index contributed by atoms with van der Waals surface area (Å²) in [5.74, 6) is 0. The normalized spacial score (nSPS) is 9.75. The number of nitrogens with one attached hydrogen (secondary N) is 1. The number of carbonyl (C=O) groups is 1. The molecule has 5 nitrogen and oxygen atoms in total. The third-order valence-corrected chi connectivity index (χ3v) is 1.28. The van der Waals surface area contributed by atoms with Crippen molar-refractivity contribution in [2.75, 3.05) is 6.61 Å². The number of aromatic amines is 1. The van der Waals surface area contributed by atoms with Crippen molar-refractivity contribution >= 4 is 6.09 Å². The van der Waals surface area contributed by atoms with Crippen LogP contribution < -0.4 is 5.69 Å². The van der Waals surface area contributed by atoms with Crippen molar-refractivity contribution in [3.8, 4) is 0 Å². The van der Waals surface area contributed by atoms with Crippen LogP contribution in [-0.4, -0.2) is 22.3 Å². The molecule has 1 N–H and O–H groups in total. The van der Waals surface area contributed by atoms with Crippen LogP contribution in [0.5, 0.6) is 0 Å². The Morgan fingerprint density at radius 3 is 3.00 bits per heavy atom. The summed E-state index contributed by atoms with van der Waals surface area (Å²) in [6.45, 7) is 2.21. The van der Waals surface area contributed by atoms with Gasteiger partial charge in [0.1, 0.15) is 0 Å². The fourth-order valence-corrected chi connectivity index (χ4v) is 0.723. The molecule has 0 amide bonds. The standard InChI is InChI=1S/C7H10N2O3/c1-2-5-12-7(11)9-4-3-8-6(9)10/h3-4H,2,5H2,1H3,(H,8,10). The second-order valence-electron chi connectivity index (χ2n) is 2.25. The van der Waals surface area contributed by atoms with Crippen LogP contribution in [0.1, 0.15) is 13.3 Å². The predicted octanol–water partition coefficient (Wildman–Crippen LogP) is 0.571. The van der Waals surface area contributed by atoms with Crippen LogP contribution in [0.3, 0.4) is 0 Å². The van der Waals surface area contributed by atoms with E-state index in [0.717, 1.165) is 11.0 Å². The summed E-state index contributed by atoms with van der Waals surface area (Å²) < 4.78 is 5.60. The summed E-state index contributed by atoms with van der Waals surface area (Å²) in [6.07, 6.45) is 2.82. The zero-order valence-corrected chi connectivity index (χ0v) is 6.74. The monoisotopic (exact) mass is 170 g/mol. The first kappa shape index (κ1) is 8.58. The van der Waals surface area contributed by atoms with E-state index >= 15 is 0 Å². The molecular formula is C7H10N2O3. The van der Waals surface area contributed by atoms with Crippen LogP contribution in [0.25, 0.3) is 0 Å². The number of rotatable bonds is 2. The average Bonchev–Trinajstić information content (AvgIpc) is 2.47. The van der Waals surface area contributed by atoms with Gasteiger partial charge in [0.25, 0.3) is 0 Å². The van der Waals surface area contributed by atoms with E-state index in [1.54, 1.807) is 0 Å². The van der Waals surface area contributed by atoms with Crippen LogP contribution in [-0.2, 0) is 4.74 Å². The number of aromatic nitrogens is 2. The van der Waals surface area contributed by atoms with Crippen LogP contribution in [0.4, 0.5) is 4.79 Å². The summed E-state index contributed by atoms with van der Waals surface area (Å²) in [5.41, 5.74) is -0.476. The van der Waals surface area contributed by atoms with Crippen molar-refractivity contribution in [2.24, 2.45) is 0 Å². The van der Waals surface area contributed by atoms with Gasteiger partial charge in [-0.25, -0.2) is 14.2 Å². The molecule has 1 heterocycles. The van der Waals surface area contributed by atoms with Gasteiger partial charge in [-0.2, -0.15) is 0 Å². The molecule has 0 aliphatic heterocycles. The highest BCUT2D eigenvalue weighted by Crippen LogP contribution is 1.86. The van der Waals surface area contributed by atoms with E-state index in [1.165, 1.54) is 12.4 Å². The SMILES string of the molecule is CCCOC(=O)n1cc[nH]c1=O. The number of hydrogen-bond donors (Lipinski definition) is 1.